The van der Waals surface area contributed by atoms with Crippen molar-refractivity contribution in [2.45, 2.75) is 64.0 Å². The zero-order valence-corrected chi connectivity index (χ0v) is 18.4. The molecule has 158 valence electrons. The average molecular weight is 456 g/mol. The van der Waals surface area contributed by atoms with Gasteiger partial charge >= 0.3 is 5.97 Å². The van der Waals surface area contributed by atoms with E-state index in [9.17, 15) is 4.79 Å². The highest BCUT2D eigenvalue weighted by atomic mass is 79.9. The Morgan fingerprint density at radius 3 is 2.71 bits per heavy atom. The molecule has 0 radical (unpaired) electrons. The summed E-state index contributed by atoms with van der Waals surface area (Å²) in [5, 5.41) is 15.6. The third-order valence-corrected chi connectivity index (χ3v) is 6.27. The maximum absolute atomic E-state index is 12.4. The monoisotopic (exact) mass is 455 g/mol. The van der Waals surface area contributed by atoms with Crippen LogP contribution in [0.4, 0.5) is 5.69 Å². The highest BCUT2D eigenvalue weighted by Crippen LogP contribution is 2.32. The van der Waals surface area contributed by atoms with Crippen molar-refractivity contribution < 1.29 is 14.6 Å². The molecule has 0 bridgehead atoms. The molecular weight excluding hydrogens is 422 g/mol. The van der Waals surface area contributed by atoms with Crippen LogP contribution < -0.4 is 16.4 Å². The highest BCUT2D eigenvalue weighted by Gasteiger charge is 2.29. The number of halogens is 1. The summed E-state index contributed by atoms with van der Waals surface area (Å²) in [6.45, 7) is 4.59. The van der Waals surface area contributed by atoms with Crippen LogP contribution in [0.25, 0.3) is 0 Å². The fraction of sp³-hybridized carbons (Fsp3) is 0.667. The van der Waals surface area contributed by atoms with Gasteiger partial charge in [0.2, 0.25) is 0 Å². The second-order valence-corrected chi connectivity index (χ2v) is 8.40. The van der Waals surface area contributed by atoms with Gasteiger partial charge in [-0.2, -0.15) is 0 Å². The van der Waals surface area contributed by atoms with E-state index in [0.717, 1.165) is 12.0 Å². The maximum Gasteiger partial charge on any atom is 0.338 e. The van der Waals surface area contributed by atoms with Crippen LogP contribution in [0.15, 0.2) is 16.6 Å². The van der Waals surface area contributed by atoms with Crippen LogP contribution in [-0.4, -0.2) is 42.9 Å². The van der Waals surface area contributed by atoms with Gasteiger partial charge in [-0.25, -0.2) is 4.79 Å². The smallest absolute Gasteiger partial charge is 0.338 e. The van der Waals surface area contributed by atoms with Gasteiger partial charge in [-0.15, -0.1) is 0 Å². The molecule has 7 heteroatoms. The zero-order valence-electron chi connectivity index (χ0n) is 16.9. The van der Waals surface area contributed by atoms with E-state index in [4.69, 9.17) is 15.6 Å². The van der Waals surface area contributed by atoms with Crippen molar-refractivity contribution in [1.82, 2.24) is 10.6 Å². The van der Waals surface area contributed by atoms with Crippen LogP contribution in [0.1, 0.15) is 67.8 Å². The van der Waals surface area contributed by atoms with Crippen LogP contribution in [0.2, 0.25) is 0 Å². The summed E-state index contributed by atoms with van der Waals surface area (Å²) in [4.78, 5) is 12.4. The number of aliphatic hydroxyl groups is 1. The summed E-state index contributed by atoms with van der Waals surface area (Å²) >= 11 is 3.48. The number of carbonyl (C=O) groups is 1. The molecule has 0 saturated heterocycles. The molecule has 0 aromatic heterocycles. The molecule has 5 N–H and O–H groups in total. The number of ether oxygens (including phenoxy) is 1. The lowest BCUT2D eigenvalue weighted by Crippen LogP contribution is -2.45. The second kappa shape index (κ2) is 11.8. The molecule has 2 rings (SSSR count). The third kappa shape index (κ3) is 6.72. The lowest BCUT2D eigenvalue weighted by molar-refractivity contribution is 0.0508. The number of carbonyl (C=O) groups excluding carboxylic acids is 1. The van der Waals surface area contributed by atoms with Crippen molar-refractivity contribution in [2.75, 3.05) is 32.0 Å². The summed E-state index contributed by atoms with van der Waals surface area (Å²) < 4.78 is 6.06. The van der Waals surface area contributed by atoms with Gasteiger partial charge < -0.3 is 26.2 Å². The van der Waals surface area contributed by atoms with Gasteiger partial charge in [0.15, 0.2) is 0 Å². The Hall–Kier alpha value is -1.15. The Morgan fingerprint density at radius 1 is 1.29 bits per heavy atom. The molecule has 28 heavy (non-hydrogen) atoms. The minimum absolute atomic E-state index is 0.155. The summed E-state index contributed by atoms with van der Waals surface area (Å²) in [6, 6.07) is 3.55. The molecule has 0 atom stereocenters. The Kier molecular flexibility index (Phi) is 9.71. The van der Waals surface area contributed by atoms with Crippen molar-refractivity contribution >= 4 is 27.6 Å². The van der Waals surface area contributed by atoms with Crippen molar-refractivity contribution in [3.05, 3.63) is 27.7 Å². The quantitative estimate of drug-likeness (QED) is 0.232. The zero-order chi connectivity index (χ0) is 20.4. The molecule has 0 unspecified atom stereocenters. The lowest BCUT2D eigenvalue weighted by atomic mass is 9.79. The molecule has 1 aromatic carbocycles. The third-order valence-electron chi connectivity index (χ3n) is 5.62. The molecule has 1 saturated carbocycles. The van der Waals surface area contributed by atoms with E-state index >= 15 is 0 Å². The molecule has 1 aliphatic rings. The molecule has 0 amide bonds. The van der Waals surface area contributed by atoms with E-state index in [1.54, 1.807) is 6.07 Å². The Balaban J connectivity index is 1.96. The van der Waals surface area contributed by atoms with Gasteiger partial charge in [-0.1, -0.05) is 26.2 Å². The molecule has 1 aliphatic carbocycles. The van der Waals surface area contributed by atoms with Gasteiger partial charge in [0.05, 0.1) is 11.3 Å². The van der Waals surface area contributed by atoms with Crippen molar-refractivity contribution in [3.8, 4) is 0 Å². The van der Waals surface area contributed by atoms with E-state index in [0.29, 0.717) is 48.4 Å². The van der Waals surface area contributed by atoms with E-state index in [-0.39, 0.29) is 18.1 Å². The molecule has 1 aromatic rings. The average Bonchev–Trinajstić information content (AvgIpc) is 2.72. The minimum Gasteiger partial charge on any atom is -0.461 e. The van der Waals surface area contributed by atoms with Crippen molar-refractivity contribution in [2.24, 2.45) is 0 Å². The highest BCUT2D eigenvalue weighted by molar-refractivity contribution is 9.10. The van der Waals surface area contributed by atoms with Crippen LogP contribution in [-0.2, 0) is 11.3 Å². The minimum atomic E-state index is -0.353. The van der Waals surface area contributed by atoms with E-state index in [1.165, 1.54) is 32.1 Å². The standard InChI is InChI=1S/C21H34BrN3O3/c1-2-21(7-4-3-5-8-21)25-15-17-13-16(14-18(22)19(17)23)20(27)28-12-10-24-9-6-11-26/h13-14,24-26H,2-12,15,23H2,1H3. The van der Waals surface area contributed by atoms with Gasteiger partial charge in [0.25, 0.3) is 0 Å². The van der Waals surface area contributed by atoms with Crippen LogP contribution >= 0.6 is 15.9 Å². The molecule has 0 aliphatic heterocycles. The van der Waals surface area contributed by atoms with Crippen molar-refractivity contribution in [3.63, 3.8) is 0 Å². The van der Waals surface area contributed by atoms with Crippen molar-refractivity contribution in [1.29, 1.82) is 0 Å². The summed E-state index contributed by atoms with van der Waals surface area (Å²) in [6.07, 6.45) is 8.00. The van der Waals surface area contributed by atoms with Crippen LogP contribution in [0.5, 0.6) is 0 Å². The first-order valence-electron chi connectivity index (χ1n) is 10.3. The largest absolute Gasteiger partial charge is 0.461 e. The first-order chi connectivity index (χ1) is 13.5. The number of benzene rings is 1. The predicted molar refractivity (Wildman–Crippen MR) is 116 cm³/mol. The molecule has 0 spiro atoms. The normalized spacial score (nSPS) is 16.1. The molecule has 1 fully saturated rings. The number of esters is 1. The summed E-state index contributed by atoms with van der Waals surface area (Å²) in [5.74, 6) is -0.353. The predicted octanol–water partition coefficient (Wildman–Crippen LogP) is 3.36. The maximum atomic E-state index is 12.4. The second-order valence-electron chi connectivity index (χ2n) is 7.54. The topological polar surface area (TPSA) is 96.6 Å². The van der Waals surface area contributed by atoms with E-state index in [1.807, 2.05) is 6.07 Å². The number of hydrogen-bond donors (Lipinski definition) is 4. The summed E-state index contributed by atoms with van der Waals surface area (Å²) in [5.41, 5.74) is 8.51. The number of nitrogens with one attached hydrogen (secondary N) is 2. The summed E-state index contributed by atoms with van der Waals surface area (Å²) in [7, 11) is 0. The SMILES string of the molecule is CCC1(NCc2cc(C(=O)OCCNCCCO)cc(Br)c2N)CCCCC1. The first kappa shape index (κ1) is 23.1. The molecule has 6 nitrogen and oxygen atoms in total. The number of hydrogen-bond acceptors (Lipinski definition) is 6. The Bertz CT molecular complexity index is 634. The van der Waals surface area contributed by atoms with E-state index in [2.05, 4.69) is 33.5 Å². The van der Waals surface area contributed by atoms with Gasteiger partial charge in [-0.3, -0.25) is 0 Å². The van der Waals surface area contributed by atoms with Crippen LogP contribution in [0, 0.1) is 0 Å². The fourth-order valence-corrected chi connectivity index (χ4v) is 4.24. The van der Waals surface area contributed by atoms with Gasteiger partial charge in [0.1, 0.15) is 6.61 Å². The Morgan fingerprint density at radius 2 is 2.04 bits per heavy atom. The number of rotatable bonds is 11. The van der Waals surface area contributed by atoms with E-state index < -0.39 is 0 Å². The number of nitrogens with two attached hydrogens (primary N) is 1. The van der Waals surface area contributed by atoms with Gasteiger partial charge in [-0.05, 0) is 65.9 Å². The van der Waals surface area contributed by atoms with Gasteiger partial charge in [0, 0.05) is 29.7 Å². The number of aliphatic hydroxyl groups excluding tert-OH is 1. The van der Waals surface area contributed by atoms with Crippen LogP contribution in [0.3, 0.4) is 0 Å². The molecule has 0 heterocycles. The fourth-order valence-electron chi connectivity index (χ4n) is 3.73. The first-order valence-corrected chi connectivity index (χ1v) is 11.1. The Labute approximate surface area is 176 Å². The number of anilines is 1. The number of nitrogen functional groups attached to an aromatic ring is 1. The molecular formula is C21H34BrN3O3. The lowest BCUT2D eigenvalue weighted by Gasteiger charge is -2.38.